The summed E-state index contributed by atoms with van der Waals surface area (Å²) in [4.78, 5) is 13.5. The summed E-state index contributed by atoms with van der Waals surface area (Å²) in [5.41, 5.74) is -0.153. The Morgan fingerprint density at radius 2 is 1.94 bits per heavy atom. The molecule has 0 heterocycles. The van der Waals surface area contributed by atoms with E-state index >= 15 is 0 Å². The van der Waals surface area contributed by atoms with Crippen LogP contribution < -0.4 is 0 Å². The van der Waals surface area contributed by atoms with Gasteiger partial charge in [-0.2, -0.15) is 0 Å². The number of nitrogens with zero attached hydrogens (tertiary/aromatic N) is 1. The highest BCUT2D eigenvalue weighted by molar-refractivity contribution is 9.09. The van der Waals surface area contributed by atoms with Crippen LogP contribution in [0.25, 0.3) is 0 Å². The largest absolute Gasteiger partial charge is 0.343 e. The van der Waals surface area contributed by atoms with Gasteiger partial charge in [0, 0.05) is 24.0 Å². The van der Waals surface area contributed by atoms with Gasteiger partial charge in [0.2, 0.25) is 5.91 Å². The van der Waals surface area contributed by atoms with Crippen molar-refractivity contribution in [3.8, 4) is 0 Å². The molecule has 0 saturated heterocycles. The van der Waals surface area contributed by atoms with Gasteiger partial charge in [-0.1, -0.05) is 22.0 Å². The van der Waals surface area contributed by atoms with Crippen molar-refractivity contribution in [2.45, 2.75) is 19.8 Å². The minimum absolute atomic E-state index is 0.153. The van der Waals surface area contributed by atoms with Crippen LogP contribution in [0.4, 0.5) is 8.78 Å². The van der Waals surface area contributed by atoms with E-state index in [1.807, 2.05) is 6.92 Å². The van der Waals surface area contributed by atoms with Gasteiger partial charge < -0.3 is 4.90 Å². The van der Waals surface area contributed by atoms with Crippen LogP contribution in [-0.4, -0.2) is 29.2 Å². The third kappa shape index (κ3) is 4.05. The Hall–Kier alpha value is -0.970. The first kappa shape index (κ1) is 15.1. The van der Waals surface area contributed by atoms with Gasteiger partial charge in [-0.25, -0.2) is 8.78 Å². The van der Waals surface area contributed by atoms with E-state index < -0.39 is 11.6 Å². The lowest BCUT2D eigenvalue weighted by Crippen LogP contribution is -2.33. The highest BCUT2D eigenvalue weighted by Crippen LogP contribution is 2.14. The Bertz CT molecular complexity index is 392. The van der Waals surface area contributed by atoms with Gasteiger partial charge in [-0.05, 0) is 25.5 Å². The third-order valence-electron chi connectivity index (χ3n) is 2.69. The van der Waals surface area contributed by atoms with Crippen molar-refractivity contribution in [2.24, 2.45) is 0 Å². The van der Waals surface area contributed by atoms with E-state index in [-0.39, 0.29) is 17.9 Å². The second kappa shape index (κ2) is 7.46. The van der Waals surface area contributed by atoms with Crippen LogP contribution in [0.2, 0.25) is 0 Å². The smallest absolute Gasteiger partial charge is 0.227 e. The molecule has 0 fully saturated rings. The summed E-state index contributed by atoms with van der Waals surface area (Å²) in [7, 11) is 0. The minimum atomic E-state index is -0.667. The molecule has 0 saturated carbocycles. The molecule has 0 aromatic heterocycles. The maximum absolute atomic E-state index is 13.4. The Balaban J connectivity index is 2.73. The molecule has 0 radical (unpaired) electrons. The summed E-state index contributed by atoms with van der Waals surface area (Å²) < 4.78 is 26.8. The summed E-state index contributed by atoms with van der Waals surface area (Å²) in [6.07, 6.45) is 0.591. The van der Waals surface area contributed by atoms with E-state index in [2.05, 4.69) is 15.9 Å². The normalized spacial score (nSPS) is 10.4. The molecule has 0 spiro atoms. The molecule has 0 aliphatic rings. The number of halogens is 3. The van der Waals surface area contributed by atoms with Crippen LogP contribution in [0.3, 0.4) is 0 Å². The van der Waals surface area contributed by atoms with Crippen molar-refractivity contribution >= 4 is 21.8 Å². The molecule has 1 aromatic carbocycles. The molecule has 1 aromatic rings. The monoisotopic (exact) mass is 319 g/mol. The summed E-state index contributed by atoms with van der Waals surface area (Å²) in [6, 6.07) is 3.63. The fourth-order valence-corrected chi connectivity index (χ4v) is 1.92. The molecule has 5 heteroatoms. The van der Waals surface area contributed by atoms with Gasteiger partial charge >= 0.3 is 0 Å². The van der Waals surface area contributed by atoms with E-state index in [4.69, 9.17) is 0 Å². The topological polar surface area (TPSA) is 20.3 Å². The minimum Gasteiger partial charge on any atom is -0.343 e. The van der Waals surface area contributed by atoms with Crippen LogP contribution >= 0.6 is 15.9 Å². The number of carbonyl (C=O) groups excluding carboxylic acids is 1. The summed E-state index contributed by atoms with van der Waals surface area (Å²) in [5, 5.41) is 0.796. The molecule has 0 bridgehead atoms. The summed E-state index contributed by atoms with van der Waals surface area (Å²) in [6.45, 7) is 2.99. The van der Waals surface area contributed by atoms with Crippen molar-refractivity contribution < 1.29 is 13.6 Å². The van der Waals surface area contributed by atoms with E-state index in [9.17, 15) is 13.6 Å². The number of amides is 1. The number of hydrogen-bond acceptors (Lipinski definition) is 1. The SMILES string of the molecule is CCN(CCCBr)C(=O)Cc1c(F)cccc1F. The Labute approximate surface area is 114 Å². The maximum Gasteiger partial charge on any atom is 0.227 e. The second-order valence-electron chi connectivity index (χ2n) is 3.89. The lowest BCUT2D eigenvalue weighted by atomic mass is 10.1. The van der Waals surface area contributed by atoms with Crippen molar-refractivity contribution in [1.82, 2.24) is 4.90 Å². The van der Waals surface area contributed by atoms with Gasteiger partial charge in [-0.3, -0.25) is 4.79 Å². The molecule has 18 heavy (non-hydrogen) atoms. The quantitative estimate of drug-likeness (QED) is 0.738. The number of hydrogen-bond donors (Lipinski definition) is 0. The Morgan fingerprint density at radius 3 is 2.44 bits per heavy atom. The zero-order chi connectivity index (χ0) is 13.5. The maximum atomic E-state index is 13.4. The van der Waals surface area contributed by atoms with E-state index in [0.29, 0.717) is 13.1 Å². The molecule has 2 nitrogen and oxygen atoms in total. The molecule has 1 rings (SSSR count). The third-order valence-corrected chi connectivity index (χ3v) is 3.25. The van der Waals surface area contributed by atoms with Gasteiger partial charge in [0.15, 0.2) is 0 Å². The molecule has 0 aliphatic heterocycles. The van der Waals surface area contributed by atoms with E-state index in [0.717, 1.165) is 11.8 Å². The van der Waals surface area contributed by atoms with E-state index in [1.54, 1.807) is 4.90 Å². The molecular weight excluding hydrogens is 304 g/mol. The highest BCUT2D eigenvalue weighted by Gasteiger charge is 2.17. The number of rotatable bonds is 6. The van der Waals surface area contributed by atoms with Crippen molar-refractivity contribution in [3.05, 3.63) is 35.4 Å². The highest BCUT2D eigenvalue weighted by atomic mass is 79.9. The fraction of sp³-hybridized carbons (Fsp3) is 0.462. The lowest BCUT2D eigenvalue weighted by Gasteiger charge is -2.20. The lowest BCUT2D eigenvalue weighted by molar-refractivity contribution is -0.130. The molecular formula is C13H16BrF2NO. The molecule has 1 amide bonds. The van der Waals surface area contributed by atoms with Gasteiger partial charge in [0.05, 0.1) is 6.42 Å². The molecule has 0 atom stereocenters. The Morgan fingerprint density at radius 1 is 1.33 bits per heavy atom. The predicted molar refractivity (Wildman–Crippen MR) is 70.7 cm³/mol. The number of alkyl halides is 1. The summed E-state index contributed by atoms with van der Waals surface area (Å²) in [5.74, 6) is -1.58. The second-order valence-corrected chi connectivity index (χ2v) is 4.69. The van der Waals surface area contributed by atoms with Gasteiger partial charge in [0.1, 0.15) is 11.6 Å². The molecule has 0 aliphatic carbocycles. The zero-order valence-corrected chi connectivity index (χ0v) is 11.8. The predicted octanol–water partition coefficient (Wildman–Crippen LogP) is 3.14. The number of carbonyl (C=O) groups is 1. The molecule has 0 unspecified atom stereocenters. The molecule has 0 N–H and O–H groups in total. The number of benzene rings is 1. The van der Waals surface area contributed by atoms with Crippen molar-refractivity contribution in [3.63, 3.8) is 0 Å². The van der Waals surface area contributed by atoms with Crippen molar-refractivity contribution in [2.75, 3.05) is 18.4 Å². The standard InChI is InChI=1S/C13H16BrF2NO/c1-2-17(8-4-7-14)13(18)9-10-11(15)5-3-6-12(10)16/h3,5-6H,2,4,7-9H2,1H3. The van der Waals surface area contributed by atoms with Crippen LogP contribution in [0.1, 0.15) is 18.9 Å². The summed E-state index contributed by atoms with van der Waals surface area (Å²) >= 11 is 3.29. The first-order valence-electron chi connectivity index (χ1n) is 5.86. The first-order valence-corrected chi connectivity index (χ1v) is 6.99. The van der Waals surface area contributed by atoms with Crippen LogP contribution in [-0.2, 0) is 11.2 Å². The average molecular weight is 320 g/mol. The first-order chi connectivity index (χ1) is 8.60. The fourth-order valence-electron chi connectivity index (χ4n) is 1.67. The van der Waals surface area contributed by atoms with Gasteiger partial charge in [-0.15, -0.1) is 0 Å². The average Bonchev–Trinajstić information content (AvgIpc) is 2.35. The van der Waals surface area contributed by atoms with Crippen LogP contribution in [0.15, 0.2) is 18.2 Å². The molecule has 100 valence electrons. The Kier molecular flexibility index (Phi) is 6.25. The van der Waals surface area contributed by atoms with Crippen molar-refractivity contribution in [1.29, 1.82) is 0 Å². The van der Waals surface area contributed by atoms with Crippen LogP contribution in [0.5, 0.6) is 0 Å². The van der Waals surface area contributed by atoms with E-state index in [1.165, 1.54) is 18.2 Å². The van der Waals surface area contributed by atoms with Gasteiger partial charge in [0.25, 0.3) is 0 Å². The zero-order valence-electron chi connectivity index (χ0n) is 10.3. The number of likely N-dealkylation sites (N-methyl/N-ethyl adjacent to an activating group) is 1. The van der Waals surface area contributed by atoms with Crippen LogP contribution in [0, 0.1) is 11.6 Å².